The van der Waals surface area contributed by atoms with Gasteiger partial charge in [0, 0.05) is 42.9 Å². The molecule has 0 bridgehead atoms. The number of ether oxygens (including phenoxy) is 1. The Bertz CT molecular complexity index is 1310. The van der Waals surface area contributed by atoms with Crippen molar-refractivity contribution in [3.8, 4) is 5.75 Å². The number of fused-ring (bicyclic) bond motifs is 1. The van der Waals surface area contributed by atoms with E-state index in [0.717, 1.165) is 11.8 Å². The minimum atomic E-state index is -4.47. The van der Waals surface area contributed by atoms with Crippen LogP contribution in [-0.4, -0.2) is 64.5 Å². The summed E-state index contributed by atoms with van der Waals surface area (Å²) in [5, 5.41) is 10.9. The zero-order chi connectivity index (χ0) is 28.0. The van der Waals surface area contributed by atoms with Gasteiger partial charge in [-0.25, -0.2) is 9.78 Å². The summed E-state index contributed by atoms with van der Waals surface area (Å²) in [5.74, 6) is -0.386. The number of anilines is 1. The maximum atomic E-state index is 13.7. The van der Waals surface area contributed by atoms with Crippen molar-refractivity contribution in [3.63, 3.8) is 0 Å². The molecule has 2 heterocycles. The molecule has 0 aliphatic carbocycles. The first-order chi connectivity index (χ1) is 18.7. The zero-order valence-corrected chi connectivity index (χ0v) is 21.3. The molecule has 0 saturated heterocycles. The van der Waals surface area contributed by atoms with Crippen LogP contribution in [0.1, 0.15) is 27.9 Å². The lowest BCUT2D eigenvalue weighted by molar-refractivity contribution is -0.153. The van der Waals surface area contributed by atoms with Gasteiger partial charge in [0.1, 0.15) is 5.75 Å². The average molecular weight is 543 g/mol. The van der Waals surface area contributed by atoms with E-state index in [1.807, 2.05) is 22.9 Å². The molecule has 39 heavy (non-hydrogen) atoms. The topological polar surface area (TPSA) is 104 Å². The number of halogens is 3. The minimum Gasteiger partial charge on any atom is -0.484 e. The molecule has 1 aliphatic heterocycles. The van der Waals surface area contributed by atoms with Gasteiger partial charge in [-0.15, -0.1) is 0 Å². The van der Waals surface area contributed by atoms with Crippen LogP contribution in [0.3, 0.4) is 0 Å². The molecule has 0 unspecified atom stereocenters. The second kappa shape index (κ2) is 12.0. The Balaban J connectivity index is 1.51. The van der Waals surface area contributed by atoms with E-state index < -0.39 is 24.7 Å². The number of aromatic nitrogens is 2. The molecule has 1 atom stereocenters. The molecule has 0 radical (unpaired) electrons. The molecule has 9 nitrogen and oxygen atoms in total. The highest BCUT2D eigenvalue weighted by Gasteiger charge is 2.33. The van der Waals surface area contributed by atoms with E-state index in [1.165, 1.54) is 28.0 Å². The Hall–Kier alpha value is -4.35. The third-order valence-corrected chi connectivity index (χ3v) is 6.35. The standard InChI is InChI=1S/C27H29F3N6O3/c1-19-13-22(39-17-27(28,29)30)7-8-23(19)25(37)36-16-21(14-31)35(15-20-5-2-3-6-24(20)36)26(38)33-9-4-11-34-12-10-32-18-34/h2-3,5-8,10,12-14,18,21,31H,4,9,11,15-17H2,1H3,(H,33,38)/t21-/m1/s1. The zero-order valence-electron chi connectivity index (χ0n) is 21.3. The number of hydrogen-bond acceptors (Lipinski definition) is 5. The van der Waals surface area contributed by atoms with Crippen molar-refractivity contribution < 1.29 is 27.5 Å². The van der Waals surface area contributed by atoms with Gasteiger partial charge in [-0.3, -0.25) is 4.79 Å². The van der Waals surface area contributed by atoms with Gasteiger partial charge in [-0.2, -0.15) is 13.2 Å². The summed E-state index contributed by atoms with van der Waals surface area (Å²) in [6, 6.07) is 10.3. The van der Waals surface area contributed by atoms with Gasteiger partial charge in [0.15, 0.2) is 6.61 Å². The van der Waals surface area contributed by atoms with E-state index in [2.05, 4.69) is 10.3 Å². The van der Waals surface area contributed by atoms with Crippen LogP contribution >= 0.6 is 0 Å². The highest BCUT2D eigenvalue weighted by molar-refractivity contribution is 6.08. The van der Waals surface area contributed by atoms with Crippen molar-refractivity contribution >= 4 is 23.8 Å². The van der Waals surface area contributed by atoms with Crippen LogP contribution in [0, 0.1) is 12.3 Å². The van der Waals surface area contributed by atoms with E-state index in [0.29, 0.717) is 30.8 Å². The molecular weight excluding hydrogens is 513 g/mol. The summed E-state index contributed by atoms with van der Waals surface area (Å²) in [4.78, 5) is 33.9. The van der Waals surface area contributed by atoms with Crippen LogP contribution in [0.25, 0.3) is 0 Å². The molecule has 0 spiro atoms. The van der Waals surface area contributed by atoms with Crippen molar-refractivity contribution in [2.45, 2.75) is 38.7 Å². The Morgan fingerprint density at radius 1 is 1.23 bits per heavy atom. The number of carbonyl (C=O) groups is 2. The van der Waals surface area contributed by atoms with E-state index in [1.54, 1.807) is 31.6 Å². The molecule has 206 valence electrons. The van der Waals surface area contributed by atoms with E-state index in [4.69, 9.17) is 10.1 Å². The summed E-state index contributed by atoms with van der Waals surface area (Å²) in [6.07, 6.45) is 2.58. The molecule has 4 rings (SSSR count). The first-order valence-electron chi connectivity index (χ1n) is 12.4. The molecule has 0 saturated carbocycles. The lowest BCUT2D eigenvalue weighted by Crippen LogP contribution is -2.50. The Morgan fingerprint density at radius 2 is 2.03 bits per heavy atom. The first kappa shape index (κ1) is 27.7. The SMILES string of the molecule is Cc1cc(OCC(F)(F)F)ccc1C(=O)N1C[C@@H](C=N)N(C(=O)NCCCn2ccnc2)Cc2ccccc21. The molecule has 2 N–H and O–H groups in total. The smallest absolute Gasteiger partial charge is 0.422 e. The van der Waals surface area contributed by atoms with Gasteiger partial charge in [0.25, 0.3) is 5.91 Å². The Morgan fingerprint density at radius 3 is 2.72 bits per heavy atom. The fourth-order valence-corrected chi connectivity index (χ4v) is 4.40. The summed E-state index contributed by atoms with van der Waals surface area (Å²) in [5.41, 5.74) is 2.05. The number of benzene rings is 2. The predicted molar refractivity (Wildman–Crippen MR) is 139 cm³/mol. The summed E-state index contributed by atoms with van der Waals surface area (Å²) >= 11 is 0. The maximum Gasteiger partial charge on any atom is 0.422 e. The number of imidazole rings is 1. The molecule has 1 aromatic heterocycles. The highest BCUT2D eigenvalue weighted by Crippen LogP contribution is 2.30. The number of amides is 3. The lowest BCUT2D eigenvalue weighted by atomic mass is 10.1. The van der Waals surface area contributed by atoms with Crippen LogP contribution < -0.4 is 15.0 Å². The number of para-hydroxylation sites is 1. The Kier molecular flexibility index (Phi) is 8.52. The second-order valence-electron chi connectivity index (χ2n) is 9.17. The number of aryl methyl sites for hydroxylation is 2. The van der Waals surface area contributed by atoms with Crippen molar-refractivity contribution in [1.29, 1.82) is 5.41 Å². The molecule has 2 aromatic carbocycles. The van der Waals surface area contributed by atoms with Gasteiger partial charge >= 0.3 is 12.2 Å². The molecule has 1 aliphatic rings. The van der Waals surface area contributed by atoms with Crippen molar-refractivity contribution in [3.05, 3.63) is 77.9 Å². The number of carbonyl (C=O) groups excluding carboxylic acids is 2. The first-order valence-corrected chi connectivity index (χ1v) is 12.4. The van der Waals surface area contributed by atoms with E-state index >= 15 is 0 Å². The lowest BCUT2D eigenvalue weighted by Gasteiger charge is -2.29. The van der Waals surface area contributed by atoms with Crippen LogP contribution in [0.2, 0.25) is 0 Å². The second-order valence-corrected chi connectivity index (χ2v) is 9.17. The van der Waals surface area contributed by atoms with Crippen LogP contribution in [-0.2, 0) is 13.1 Å². The van der Waals surface area contributed by atoms with Gasteiger partial charge < -0.3 is 29.8 Å². The number of urea groups is 1. The average Bonchev–Trinajstić information content (AvgIpc) is 3.36. The van der Waals surface area contributed by atoms with Crippen molar-refractivity contribution in [1.82, 2.24) is 19.8 Å². The molecule has 3 aromatic rings. The Labute approximate surface area is 223 Å². The third kappa shape index (κ3) is 6.95. The van der Waals surface area contributed by atoms with Crippen LogP contribution in [0.4, 0.5) is 23.7 Å². The number of hydrogen-bond donors (Lipinski definition) is 2. The third-order valence-electron chi connectivity index (χ3n) is 6.35. The van der Waals surface area contributed by atoms with E-state index in [9.17, 15) is 22.8 Å². The molecule has 3 amide bonds. The largest absolute Gasteiger partial charge is 0.484 e. The van der Waals surface area contributed by atoms with Crippen LogP contribution in [0.5, 0.6) is 5.75 Å². The molecule has 0 fully saturated rings. The van der Waals surface area contributed by atoms with Crippen molar-refractivity contribution in [2.75, 3.05) is 24.6 Å². The number of rotatable bonds is 8. The molecular formula is C27H29F3N6O3. The quantitative estimate of drug-likeness (QED) is 0.325. The summed E-state index contributed by atoms with van der Waals surface area (Å²) in [6.45, 7) is 1.53. The predicted octanol–water partition coefficient (Wildman–Crippen LogP) is 4.41. The van der Waals surface area contributed by atoms with Gasteiger partial charge in [0.05, 0.1) is 25.5 Å². The fraction of sp³-hybridized carbons (Fsp3) is 0.333. The normalized spacial score (nSPS) is 15.3. The summed E-state index contributed by atoms with van der Waals surface area (Å²) < 4.78 is 44.3. The molecule has 12 heteroatoms. The van der Waals surface area contributed by atoms with Gasteiger partial charge in [-0.1, -0.05) is 18.2 Å². The van der Waals surface area contributed by atoms with Gasteiger partial charge in [-0.05, 0) is 48.7 Å². The minimum absolute atomic E-state index is 0.00546. The number of alkyl halides is 3. The number of nitrogens with one attached hydrogen (secondary N) is 2. The van der Waals surface area contributed by atoms with Crippen LogP contribution in [0.15, 0.2) is 61.2 Å². The monoisotopic (exact) mass is 542 g/mol. The van der Waals surface area contributed by atoms with E-state index in [-0.39, 0.29) is 30.4 Å². The van der Waals surface area contributed by atoms with Crippen molar-refractivity contribution in [2.24, 2.45) is 0 Å². The fourth-order valence-electron chi connectivity index (χ4n) is 4.40. The highest BCUT2D eigenvalue weighted by atomic mass is 19.4. The summed E-state index contributed by atoms with van der Waals surface area (Å²) in [7, 11) is 0. The maximum absolute atomic E-state index is 13.7. The van der Waals surface area contributed by atoms with Gasteiger partial charge in [0.2, 0.25) is 0 Å². The number of nitrogens with zero attached hydrogens (tertiary/aromatic N) is 4.